The van der Waals surface area contributed by atoms with Gasteiger partial charge in [-0.2, -0.15) is 0 Å². The molecule has 2 saturated carbocycles. The van der Waals surface area contributed by atoms with Crippen LogP contribution in [0.2, 0.25) is 11.6 Å². The summed E-state index contributed by atoms with van der Waals surface area (Å²) in [6.45, 7) is 4.77. The number of rotatable bonds is 5. The van der Waals surface area contributed by atoms with Gasteiger partial charge in [0.1, 0.15) is 0 Å². The third kappa shape index (κ3) is 4.72. The van der Waals surface area contributed by atoms with E-state index in [0.717, 1.165) is 51.2 Å². The lowest BCUT2D eigenvalue weighted by molar-refractivity contribution is 0.158. The fraction of sp³-hybridized carbons (Fsp3) is 0.727. The minimum atomic E-state index is -0.730. The fourth-order valence-electron chi connectivity index (χ4n) is 5.30. The molecular weight excluding hydrogens is 330 g/mol. The maximum absolute atomic E-state index is 13.5. The first-order valence-corrected chi connectivity index (χ1v) is 11.5. The number of benzene rings is 1. The molecule has 3 heteroatoms. The number of halogens is 2. The van der Waals surface area contributed by atoms with Gasteiger partial charge in [-0.25, -0.2) is 8.78 Å². The first kappa shape index (κ1) is 19.1. The van der Waals surface area contributed by atoms with Crippen LogP contribution in [0.1, 0.15) is 76.7 Å². The summed E-state index contributed by atoms with van der Waals surface area (Å²) in [6, 6.07) is 5.83. The topological polar surface area (TPSA) is 0 Å². The van der Waals surface area contributed by atoms with Crippen molar-refractivity contribution in [1.82, 2.24) is 0 Å². The van der Waals surface area contributed by atoms with Crippen LogP contribution in [0.4, 0.5) is 8.78 Å². The first-order valence-electron chi connectivity index (χ1n) is 10.3. The van der Waals surface area contributed by atoms with Gasteiger partial charge in [0.25, 0.3) is 0 Å². The molecule has 3 rings (SSSR count). The van der Waals surface area contributed by atoms with E-state index >= 15 is 0 Å². The molecule has 2 aliphatic rings. The van der Waals surface area contributed by atoms with Crippen molar-refractivity contribution in [1.29, 1.82) is 0 Å². The molecule has 0 aliphatic heterocycles. The highest BCUT2D eigenvalue weighted by Gasteiger charge is 2.32. The maximum Gasteiger partial charge on any atom is 0.159 e. The van der Waals surface area contributed by atoms with Gasteiger partial charge in [0.2, 0.25) is 0 Å². The number of hydrogen-bond donors (Lipinski definition) is 0. The molecule has 138 valence electrons. The van der Waals surface area contributed by atoms with Gasteiger partial charge in [-0.15, -0.1) is 0 Å². The molecule has 0 nitrogen and oxygen atoms in total. The third-order valence-corrected chi connectivity index (χ3v) is 8.43. The normalized spacial score (nSPS) is 31.7. The van der Waals surface area contributed by atoms with Crippen LogP contribution in [0, 0.1) is 29.4 Å². The third-order valence-electron chi connectivity index (χ3n) is 6.90. The SMILES string of the molecule is CC[Si]C(C)C1CCC(C2CCC(c3ccc(F)c(F)c3)CC2)CC1. The Morgan fingerprint density at radius 1 is 0.920 bits per heavy atom. The Balaban J connectivity index is 1.47. The van der Waals surface area contributed by atoms with E-state index in [1.807, 2.05) is 0 Å². The lowest BCUT2D eigenvalue weighted by Crippen LogP contribution is -2.27. The zero-order chi connectivity index (χ0) is 17.8. The van der Waals surface area contributed by atoms with E-state index in [-0.39, 0.29) is 0 Å². The Kier molecular flexibility index (Phi) is 6.71. The second-order valence-electron chi connectivity index (χ2n) is 8.31. The molecule has 0 N–H and O–H groups in total. The van der Waals surface area contributed by atoms with Crippen molar-refractivity contribution < 1.29 is 8.78 Å². The zero-order valence-electron chi connectivity index (χ0n) is 15.7. The van der Waals surface area contributed by atoms with Crippen molar-refractivity contribution in [2.75, 3.05) is 0 Å². The monoisotopic (exact) mass is 362 g/mol. The summed E-state index contributed by atoms with van der Waals surface area (Å²) < 4.78 is 26.6. The molecule has 0 heterocycles. The van der Waals surface area contributed by atoms with E-state index < -0.39 is 11.6 Å². The summed E-state index contributed by atoms with van der Waals surface area (Å²) in [5.41, 5.74) is 1.92. The van der Waals surface area contributed by atoms with Gasteiger partial charge in [-0.3, -0.25) is 0 Å². The van der Waals surface area contributed by atoms with Gasteiger partial charge in [-0.05, 0) is 85.4 Å². The van der Waals surface area contributed by atoms with Gasteiger partial charge in [0.05, 0.1) is 0 Å². The van der Waals surface area contributed by atoms with Crippen molar-refractivity contribution >= 4 is 9.52 Å². The van der Waals surface area contributed by atoms with Crippen LogP contribution in [0.5, 0.6) is 0 Å². The van der Waals surface area contributed by atoms with Crippen molar-refractivity contribution in [3.05, 3.63) is 35.4 Å². The smallest absolute Gasteiger partial charge is 0.159 e. The molecule has 1 unspecified atom stereocenters. The first-order chi connectivity index (χ1) is 12.1. The fourth-order valence-corrected chi connectivity index (χ4v) is 6.61. The summed E-state index contributed by atoms with van der Waals surface area (Å²) in [5.74, 6) is 1.75. The van der Waals surface area contributed by atoms with E-state index in [9.17, 15) is 8.78 Å². The van der Waals surface area contributed by atoms with Crippen molar-refractivity contribution in [3.63, 3.8) is 0 Å². The summed E-state index contributed by atoms with van der Waals surface area (Å²) in [5, 5.41) is 0. The van der Waals surface area contributed by atoms with Crippen LogP contribution >= 0.6 is 0 Å². The molecule has 2 aliphatic carbocycles. The molecule has 0 amide bonds. The van der Waals surface area contributed by atoms with Crippen LogP contribution in [0.25, 0.3) is 0 Å². The maximum atomic E-state index is 13.5. The predicted octanol–water partition coefficient (Wildman–Crippen LogP) is 7.00. The largest absolute Gasteiger partial charge is 0.204 e. The highest BCUT2D eigenvalue weighted by Crippen LogP contribution is 2.45. The molecule has 0 aromatic heterocycles. The van der Waals surface area contributed by atoms with E-state index in [0.29, 0.717) is 5.92 Å². The quantitative estimate of drug-likeness (QED) is 0.495. The molecular formula is C22H32F2Si. The Morgan fingerprint density at radius 3 is 2.08 bits per heavy atom. The van der Waals surface area contributed by atoms with Gasteiger partial charge >= 0.3 is 0 Å². The molecule has 1 aromatic rings. The Hall–Kier alpha value is -0.703. The lowest BCUT2D eigenvalue weighted by atomic mass is 9.68. The molecule has 0 bridgehead atoms. The minimum Gasteiger partial charge on any atom is -0.204 e. The van der Waals surface area contributed by atoms with E-state index in [1.54, 1.807) is 6.07 Å². The molecule has 2 radical (unpaired) electrons. The van der Waals surface area contributed by atoms with Crippen LogP contribution in [0.3, 0.4) is 0 Å². The van der Waals surface area contributed by atoms with Gasteiger partial charge in [0, 0.05) is 9.52 Å². The summed E-state index contributed by atoms with van der Waals surface area (Å²) in [7, 11) is 1.14. The Labute approximate surface area is 154 Å². The van der Waals surface area contributed by atoms with Crippen LogP contribution in [0.15, 0.2) is 18.2 Å². The highest BCUT2D eigenvalue weighted by atomic mass is 28.2. The summed E-state index contributed by atoms with van der Waals surface area (Å²) >= 11 is 0. The van der Waals surface area contributed by atoms with Crippen LogP contribution in [-0.4, -0.2) is 9.52 Å². The Bertz CT molecular complexity index is 543. The standard InChI is InChI=1S/C22H32F2Si/c1-3-25-15(2)16-4-6-17(7-5-16)18-8-10-19(11-9-18)20-12-13-21(23)22(24)14-20/h12-19H,3-11H2,1-2H3. The molecule has 1 atom stereocenters. The van der Waals surface area contributed by atoms with E-state index in [4.69, 9.17) is 0 Å². The molecule has 25 heavy (non-hydrogen) atoms. The zero-order valence-corrected chi connectivity index (χ0v) is 16.7. The van der Waals surface area contributed by atoms with Gasteiger partial charge in [-0.1, -0.05) is 38.8 Å². The Morgan fingerprint density at radius 2 is 1.52 bits per heavy atom. The lowest BCUT2D eigenvalue weighted by Gasteiger charge is -2.39. The summed E-state index contributed by atoms with van der Waals surface area (Å²) in [6.07, 6.45) is 10.5. The van der Waals surface area contributed by atoms with Gasteiger partial charge < -0.3 is 0 Å². The minimum absolute atomic E-state index is 0.425. The van der Waals surface area contributed by atoms with E-state index in [2.05, 4.69) is 13.8 Å². The van der Waals surface area contributed by atoms with E-state index in [1.165, 1.54) is 56.7 Å². The van der Waals surface area contributed by atoms with Crippen molar-refractivity contribution in [2.45, 2.75) is 82.7 Å². The second-order valence-corrected chi connectivity index (χ2v) is 10.3. The van der Waals surface area contributed by atoms with Gasteiger partial charge in [0.15, 0.2) is 11.6 Å². The average molecular weight is 363 g/mol. The van der Waals surface area contributed by atoms with Crippen molar-refractivity contribution in [2.24, 2.45) is 17.8 Å². The predicted molar refractivity (Wildman–Crippen MR) is 102 cm³/mol. The molecule has 2 fully saturated rings. The molecule has 0 spiro atoms. The molecule has 0 saturated heterocycles. The van der Waals surface area contributed by atoms with Crippen LogP contribution in [-0.2, 0) is 0 Å². The van der Waals surface area contributed by atoms with Crippen molar-refractivity contribution in [3.8, 4) is 0 Å². The van der Waals surface area contributed by atoms with Crippen LogP contribution < -0.4 is 0 Å². The molecule has 1 aromatic carbocycles. The summed E-state index contributed by atoms with van der Waals surface area (Å²) in [4.78, 5) is 0. The number of hydrogen-bond acceptors (Lipinski definition) is 0. The second kappa shape index (κ2) is 8.79. The average Bonchev–Trinajstić information content (AvgIpc) is 2.64. The highest BCUT2D eigenvalue weighted by molar-refractivity contribution is 6.37.